The molecular weight excluding hydrogens is 1220 g/mol. The fourth-order valence-electron chi connectivity index (χ4n) is 17.4. The van der Waals surface area contributed by atoms with E-state index in [0.29, 0.717) is 0 Å². The normalized spacial score (nSPS) is 14.6. The molecule has 1 atom stereocenters. The molecule has 18 rings (SSSR count). The SMILES string of the molecule is c1ccc([Si](c2ccccc2)(c2ccccc2)c2ccc3c(c2)c2cc([Si](c4ccccc4)(c4ccccc4)c4ccccc4)ccc2n3-c2cccc([Si]3(c4ccccc4)c4ccccc4N4c5ccccc5[Si](c5ccccc5)(c5ccccc5)c5cccc3c54)c2)cc1. The third-order valence-corrected chi connectivity index (χ3v) is 40.4. The molecule has 0 radical (unpaired) electrons. The van der Waals surface area contributed by atoms with Gasteiger partial charge in [-0.1, -0.05) is 364 Å². The van der Waals surface area contributed by atoms with Crippen molar-refractivity contribution in [2.45, 2.75) is 0 Å². The lowest BCUT2D eigenvalue weighted by Crippen LogP contribution is -2.82. The van der Waals surface area contributed by atoms with Crippen molar-refractivity contribution in [3.63, 3.8) is 0 Å². The van der Waals surface area contributed by atoms with Gasteiger partial charge in [-0.2, -0.15) is 0 Å². The van der Waals surface area contributed by atoms with Crippen LogP contribution < -0.4 is 87.9 Å². The van der Waals surface area contributed by atoms with Crippen molar-refractivity contribution in [1.29, 1.82) is 0 Å². The first-order valence-electron chi connectivity index (χ1n) is 33.5. The summed E-state index contributed by atoms with van der Waals surface area (Å²) in [7, 11) is -12.3. The van der Waals surface area contributed by atoms with E-state index in [9.17, 15) is 0 Å². The Kier molecular flexibility index (Phi) is 14.0. The molecule has 452 valence electrons. The van der Waals surface area contributed by atoms with Crippen molar-refractivity contribution in [2.75, 3.05) is 4.90 Å². The zero-order chi connectivity index (χ0) is 63.7. The first-order chi connectivity index (χ1) is 47.6. The third-order valence-electron chi connectivity index (χ3n) is 21.2. The van der Waals surface area contributed by atoms with Crippen LogP contribution in [0.5, 0.6) is 0 Å². The monoisotopic (exact) mass is 1290 g/mol. The van der Waals surface area contributed by atoms with Gasteiger partial charge >= 0.3 is 0 Å². The van der Waals surface area contributed by atoms with Crippen molar-refractivity contribution in [3.8, 4) is 5.69 Å². The topological polar surface area (TPSA) is 8.17 Å². The van der Waals surface area contributed by atoms with Crippen LogP contribution in [-0.2, 0) is 0 Å². The van der Waals surface area contributed by atoms with Gasteiger partial charge in [0.1, 0.15) is 0 Å². The van der Waals surface area contributed by atoms with Gasteiger partial charge < -0.3 is 9.47 Å². The third kappa shape index (κ3) is 8.39. The average molecular weight is 1290 g/mol. The number of nitrogens with zero attached hydrogens (tertiary/aromatic N) is 2. The van der Waals surface area contributed by atoms with Gasteiger partial charge in [0, 0.05) is 33.5 Å². The molecule has 0 aliphatic carbocycles. The highest BCUT2D eigenvalue weighted by Crippen LogP contribution is 2.42. The van der Waals surface area contributed by atoms with Gasteiger partial charge in [0.05, 0.1) is 11.0 Å². The van der Waals surface area contributed by atoms with E-state index < -0.39 is 32.3 Å². The molecule has 1 aromatic heterocycles. The minimum absolute atomic E-state index is 1.14. The molecule has 0 fully saturated rings. The smallest absolute Gasteiger partial charge is 0.184 e. The number of anilines is 3. The lowest BCUT2D eigenvalue weighted by molar-refractivity contribution is 1.18. The second kappa shape index (κ2) is 23.3. The van der Waals surface area contributed by atoms with Crippen LogP contribution in [0, 0.1) is 0 Å². The summed E-state index contributed by atoms with van der Waals surface area (Å²) in [6.45, 7) is 0. The summed E-state index contributed by atoms with van der Waals surface area (Å²) in [6, 6.07) is 154. The summed E-state index contributed by atoms with van der Waals surface area (Å²) < 4.78 is 2.61. The summed E-state index contributed by atoms with van der Waals surface area (Å²) in [5.74, 6) is 0. The van der Waals surface area contributed by atoms with Crippen molar-refractivity contribution in [2.24, 2.45) is 0 Å². The highest BCUT2D eigenvalue weighted by Gasteiger charge is 2.56. The van der Waals surface area contributed by atoms with E-state index in [2.05, 4.69) is 410 Å². The number of benzene rings is 15. The number of aromatic nitrogens is 1. The number of para-hydroxylation sites is 3. The minimum Gasteiger partial charge on any atom is -0.311 e. The standard InChI is InChI=1S/C90H66N2Si4/c1-10-35-68(36-11-1)93(69-37-12-2-13-38-69,70-39-14-3-15-40-70)78-60-62-82-80(65-78)81-66-79(94(71-41-16-4-17-42-71,72-43-18-5-19-44-72)73-45-20-6-21-46-73)61-63-83(81)91(82)67-34-32-53-77(64-67)96(76-51-26-9-27-52-76)87-57-31-29-55-85(87)92-84-54-28-30-56-86(84)95(74-47-22-7-23-48-74,75-49-24-8-25-50-75)88-58-33-59-89(96)90(88)92/h1-66H. The predicted octanol–water partition coefficient (Wildman–Crippen LogP) is 10.4. The molecule has 96 heavy (non-hydrogen) atoms. The van der Waals surface area contributed by atoms with Gasteiger partial charge in [0.2, 0.25) is 0 Å². The molecule has 0 bridgehead atoms. The summed E-state index contributed by atoms with van der Waals surface area (Å²) in [4.78, 5) is 2.67. The van der Waals surface area contributed by atoms with Gasteiger partial charge in [0.15, 0.2) is 32.3 Å². The Hall–Kier alpha value is -11.2. The quantitative estimate of drug-likeness (QED) is 0.0825. The Morgan fingerprint density at radius 2 is 0.490 bits per heavy atom. The van der Waals surface area contributed by atoms with Gasteiger partial charge in [-0.3, -0.25) is 0 Å². The summed E-state index contributed by atoms with van der Waals surface area (Å²) >= 11 is 0. The Morgan fingerprint density at radius 1 is 0.208 bits per heavy atom. The van der Waals surface area contributed by atoms with E-state index in [1.54, 1.807) is 0 Å². The molecule has 2 nitrogen and oxygen atoms in total. The Bertz CT molecular complexity index is 5110. The highest BCUT2D eigenvalue weighted by molar-refractivity contribution is 7.25. The van der Waals surface area contributed by atoms with Crippen LogP contribution in [0.4, 0.5) is 17.1 Å². The van der Waals surface area contributed by atoms with E-state index in [4.69, 9.17) is 0 Å². The Labute approximate surface area is 565 Å². The second-order valence-electron chi connectivity index (χ2n) is 25.7. The van der Waals surface area contributed by atoms with Crippen LogP contribution in [0.25, 0.3) is 27.5 Å². The van der Waals surface area contributed by atoms with Crippen LogP contribution in [0.1, 0.15) is 0 Å². The maximum Gasteiger partial charge on any atom is 0.184 e. The van der Waals surface area contributed by atoms with E-state index in [1.807, 2.05) is 0 Å². The molecule has 0 spiro atoms. The number of fused-ring (bicyclic) bond motifs is 7. The predicted molar refractivity (Wildman–Crippen MR) is 417 cm³/mol. The lowest BCUT2D eigenvalue weighted by atomic mass is 10.1. The van der Waals surface area contributed by atoms with E-state index in [0.717, 1.165) is 5.69 Å². The van der Waals surface area contributed by atoms with Crippen LogP contribution >= 0.6 is 0 Å². The molecule has 0 saturated carbocycles. The molecule has 6 heteroatoms. The first kappa shape index (κ1) is 57.4. The van der Waals surface area contributed by atoms with Gasteiger partial charge in [-0.05, 0) is 119 Å². The van der Waals surface area contributed by atoms with Crippen LogP contribution in [0.2, 0.25) is 0 Å². The van der Waals surface area contributed by atoms with Crippen LogP contribution in [0.3, 0.4) is 0 Å². The zero-order valence-corrected chi connectivity index (χ0v) is 57.0. The van der Waals surface area contributed by atoms with Gasteiger partial charge in [-0.25, -0.2) is 0 Å². The molecule has 0 saturated heterocycles. The van der Waals surface area contributed by atoms with E-state index >= 15 is 0 Å². The molecule has 3 heterocycles. The Balaban J connectivity index is 0.949. The summed E-state index contributed by atoms with van der Waals surface area (Å²) in [5.41, 5.74) is 7.32. The van der Waals surface area contributed by atoms with Crippen molar-refractivity contribution >= 4 is 154 Å². The molecular formula is C90H66N2Si4. The van der Waals surface area contributed by atoms with Crippen molar-refractivity contribution < 1.29 is 0 Å². The van der Waals surface area contributed by atoms with Crippen molar-refractivity contribution in [3.05, 3.63) is 400 Å². The number of hydrogen-bond donors (Lipinski definition) is 0. The molecule has 0 N–H and O–H groups in total. The zero-order valence-electron chi connectivity index (χ0n) is 53.0. The van der Waals surface area contributed by atoms with E-state index in [1.165, 1.54) is 122 Å². The molecule has 1 unspecified atom stereocenters. The Morgan fingerprint density at radius 3 is 0.844 bits per heavy atom. The summed E-state index contributed by atoms with van der Waals surface area (Å²) in [6.07, 6.45) is 0. The second-order valence-corrected chi connectivity index (χ2v) is 40.8. The van der Waals surface area contributed by atoms with E-state index in [-0.39, 0.29) is 0 Å². The molecule has 0 amide bonds. The van der Waals surface area contributed by atoms with Crippen LogP contribution in [-0.4, -0.2) is 36.9 Å². The fraction of sp³-hybridized carbons (Fsp3) is 0. The molecule has 2 aliphatic rings. The minimum atomic E-state index is -3.31. The first-order valence-corrected chi connectivity index (χ1v) is 41.5. The lowest BCUT2D eigenvalue weighted by Gasteiger charge is -2.52. The molecule has 2 aliphatic heterocycles. The number of rotatable bonds is 13. The maximum absolute atomic E-state index is 3.31. The average Bonchev–Trinajstić information content (AvgIpc) is 0.684. The van der Waals surface area contributed by atoms with Gasteiger partial charge in [-0.15, -0.1) is 0 Å². The maximum atomic E-state index is 2.67. The molecule has 15 aromatic carbocycles. The fourth-order valence-corrected chi connectivity index (χ4v) is 37.4. The van der Waals surface area contributed by atoms with Crippen molar-refractivity contribution in [1.82, 2.24) is 4.57 Å². The highest BCUT2D eigenvalue weighted by atomic mass is 28.3. The summed E-state index contributed by atoms with van der Waals surface area (Å²) in [5, 5.41) is 24.3. The number of hydrogen-bond acceptors (Lipinski definition) is 1. The largest absolute Gasteiger partial charge is 0.311 e. The molecule has 16 aromatic rings. The van der Waals surface area contributed by atoms with Gasteiger partial charge in [0.25, 0.3) is 0 Å². The van der Waals surface area contributed by atoms with Crippen LogP contribution in [0.15, 0.2) is 400 Å².